The molecule has 0 amide bonds. The van der Waals surface area contributed by atoms with Gasteiger partial charge in [-0.2, -0.15) is 0 Å². The molecule has 1 rings (SSSR count). The SMILES string of the molecule is Cc1cc(C)c(S(=O)(=O)NCC(O)CO)c(C)c1. The number of rotatable bonds is 5. The maximum atomic E-state index is 12.1. The first kappa shape index (κ1) is 15.1. The third-order valence-electron chi connectivity index (χ3n) is 2.59. The first-order chi connectivity index (χ1) is 8.27. The lowest BCUT2D eigenvalue weighted by Gasteiger charge is -2.14. The Kier molecular flexibility index (Phi) is 4.86. The van der Waals surface area contributed by atoms with Crippen molar-refractivity contribution in [3.8, 4) is 0 Å². The van der Waals surface area contributed by atoms with Crippen LogP contribution in [-0.4, -0.2) is 37.9 Å². The molecular formula is C12H19NO4S. The van der Waals surface area contributed by atoms with Gasteiger partial charge in [0.2, 0.25) is 10.0 Å². The Hall–Kier alpha value is -0.950. The van der Waals surface area contributed by atoms with Crippen LogP contribution in [0.1, 0.15) is 16.7 Å². The van der Waals surface area contributed by atoms with E-state index < -0.39 is 22.7 Å². The van der Waals surface area contributed by atoms with Crippen molar-refractivity contribution in [3.05, 3.63) is 28.8 Å². The summed E-state index contributed by atoms with van der Waals surface area (Å²) in [4.78, 5) is 0.234. The van der Waals surface area contributed by atoms with E-state index in [1.165, 1.54) is 0 Å². The summed E-state index contributed by atoms with van der Waals surface area (Å²) >= 11 is 0. The quantitative estimate of drug-likeness (QED) is 0.717. The molecule has 0 spiro atoms. The number of aliphatic hydroxyl groups is 2. The zero-order valence-electron chi connectivity index (χ0n) is 10.8. The fraction of sp³-hybridized carbons (Fsp3) is 0.500. The van der Waals surface area contributed by atoms with Crippen LogP contribution < -0.4 is 4.72 Å². The van der Waals surface area contributed by atoms with E-state index in [2.05, 4.69) is 4.72 Å². The first-order valence-electron chi connectivity index (χ1n) is 5.64. The fourth-order valence-electron chi connectivity index (χ4n) is 1.93. The van der Waals surface area contributed by atoms with E-state index in [0.29, 0.717) is 11.1 Å². The molecule has 1 atom stereocenters. The Balaban J connectivity index is 3.06. The molecule has 0 saturated heterocycles. The largest absolute Gasteiger partial charge is 0.394 e. The highest BCUT2D eigenvalue weighted by atomic mass is 32.2. The lowest BCUT2D eigenvalue weighted by molar-refractivity contribution is 0.0988. The standard InChI is InChI=1S/C12H19NO4S/c1-8-4-9(2)12(10(3)5-8)18(16,17)13-6-11(15)7-14/h4-5,11,13-15H,6-7H2,1-3H3. The lowest BCUT2D eigenvalue weighted by Crippen LogP contribution is -2.34. The van der Waals surface area contributed by atoms with Crippen LogP contribution in [0.3, 0.4) is 0 Å². The smallest absolute Gasteiger partial charge is 0.241 e. The highest BCUT2D eigenvalue weighted by Crippen LogP contribution is 2.21. The van der Waals surface area contributed by atoms with Gasteiger partial charge in [-0.15, -0.1) is 0 Å². The molecule has 0 aliphatic carbocycles. The summed E-state index contributed by atoms with van der Waals surface area (Å²) < 4.78 is 26.5. The summed E-state index contributed by atoms with van der Waals surface area (Å²) in [5.41, 5.74) is 2.33. The van der Waals surface area contributed by atoms with Gasteiger partial charge in [-0.05, 0) is 31.9 Å². The van der Waals surface area contributed by atoms with Crippen molar-refractivity contribution in [1.29, 1.82) is 0 Å². The molecule has 0 saturated carbocycles. The van der Waals surface area contributed by atoms with Crippen LogP contribution in [0.2, 0.25) is 0 Å². The predicted molar refractivity (Wildman–Crippen MR) is 68.9 cm³/mol. The minimum atomic E-state index is -3.66. The van der Waals surface area contributed by atoms with Gasteiger partial charge >= 0.3 is 0 Å². The number of aliphatic hydroxyl groups excluding tert-OH is 2. The summed E-state index contributed by atoms with van der Waals surface area (Å²) in [6.07, 6.45) is -1.09. The molecule has 102 valence electrons. The fourth-order valence-corrected chi connectivity index (χ4v) is 3.46. The number of benzene rings is 1. The van der Waals surface area contributed by atoms with Crippen LogP contribution in [0.15, 0.2) is 17.0 Å². The molecule has 0 fully saturated rings. The van der Waals surface area contributed by atoms with Crippen molar-refractivity contribution in [2.75, 3.05) is 13.2 Å². The molecule has 18 heavy (non-hydrogen) atoms. The second-order valence-electron chi connectivity index (χ2n) is 4.42. The van der Waals surface area contributed by atoms with Crippen LogP contribution in [0.5, 0.6) is 0 Å². The van der Waals surface area contributed by atoms with Crippen molar-refractivity contribution in [3.63, 3.8) is 0 Å². The number of hydrogen-bond acceptors (Lipinski definition) is 4. The van der Waals surface area contributed by atoms with Gasteiger partial charge < -0.3 is 10.2 Å². The summed E-state index contributed by atoms with van der Waals surface area (Å²) in [6.45, 7) is 4.69. The Morgan fingerprint density at radius 3 is 2.17 bits per heavy atom. The van der Waals surface area contributed by atoms with Gasteiger partial charge in [-0.1, -0.05) is 17.7 Å². The molecule has 0 radical (unpaired) electrons. The van der Waals surface area contributed by atoms with E-state index in [9.17, 15) is 13.5 Å². The third-order valence-corrected chi connectivity index (χ3v) is 4.32. The molecular weight excluding hydrogens is 254 g/mol. The van der Waals surface area contributed by atoms with E-state index in [1.807, 2.05) is 6.92 Å². The van der Waals surface area contributed by atoms with Gasteiger partial charge in [-0.3, -0.25) is 0 Å². The van der Waals surface area contributed by atoms with Crippen LogP contribution in [0, 0.1) is 20.8 Å². The number of sulfonamides is 1. The predicted octanol–water partition coefficient (Wildman–Crippen LogP) is 0.243. The van der Waals surface area contributed by atoms with Crippen molar-refractivity contribution in [2.45, 2.75) is 31.8 Å². The van der Waals surface area contributed by atoms with Gasteiger partial charge in [0.1, 0.15) is 0 Å². The number of nitrogens with one attached hydrogen (secondary N) is 1. The molecule has 1 aromatic rings. The molecule has 0 bridgehead atoms. The number of aryl methyl sites for hydroxylation is 3. The van der Waals surface area contributed by atoms with E-state index in [-0.39, 0.29) is 11.4 Å². The van der Waals surface area contributed by atoms with Gasteiger partial charge in [0.05, 0.1) is 17.6 Å². The molecule has 1 unspecified atom stereocenters. The molecule has 1 aromatic carbocycles. The minimum absolute atomic E-state index is 0.203. The zero-order valence-corrected chi connectivity index (χ0v) is 11.6. The molecule has 0 aliphatic rings. The van der Waals surface area contributed by atoms with Crippen molar-refractivity contribution < 1.29 is 18.6 Å². The molecule has 0 heterocycles. The highest BCUT2D eigenvalue weighted by molar-refractivity contribution is 7.89. The number of hydrogen-bond donors (Lipinski definition) is 3. The molecule has 3 N–H and O–H groups in total. The average molecular weight is 273 g/mol. The lowest BCUT2D eigenvalue weighted by atomic mass is 10.1. The monoisotopic (exact) mass is 273 g/mol. The third kappa shape index (κ3) is 3.52. The summed E-state index contributed by atoms with van der Waals surface area (Å²) in [5, 5.41) is 17.8. The summed E-state index contributed by atoms with van der Waals surface area (Å²) in [5.74, 6) is 0. The molecule has 0 aliphatic heterocycles. The normalized spacial score (nSPS) is 13.6. The van der Waals surface area contributed by atoms with E-state index in [4.69, 9.17) is 5.11 Å². The Morgan fingerprint density at radius 1 is 1.22 bits per heavy atom. The molecule has 0 aromatic heterocycles. The second kappa shape index (κ2) is 5.79. The van der Waals surface area contributed by atoms with Crippen molar-refractivity contribution >= 4 is 10.0 Å². The van der Waals surface area contributed by atoms with Gasteiger partial charge in [0.15, 0.2) is 0 Å². The minimum Gasteiger partial charge on any atom is -0.394 e. The van der Waals surface area contributed by atoms with Crippen LogP contribution in [-0.2, 0) is 10.0 Å². The van der Waals surface area contributed by atoms with Gasteiger partial charge in [0, 0.05) is 6.54 Å². The van der Waals surface area contributed by atoms with Gasteiger partial charge in [0.25, 0.3) is 0 Å². The van der Waals surface area contributed by atoms with Crippen LogP contribution in [0.25, 0.3) is 0 Å². The Morgan fingerprint density at radius 2 is 1.72 bits per heavy atom. The van der Waals surface area contributed by atoms with Gasteiger partial charge in [-0.25, -0.2) is 13.1 Å². The van der Waals surface area contributed by atoms with Crippen LogP contribution in [0.4, 0.5) is 0 Å². The highest BCUT2D eigenvalue weighted by Gasteiger charge is 2.20. The topological polar surface area (TPSA) is 86.6 Å². The molecule has 6 heteroatoms. The first-order valence-corrected chi connectivity index (χ1v) is 7.12. The summed E-state index contributed by atoms with van der Waals surface area (Å²) in [7, 11) is -3.66. The maximum absolute atomic E-state index is 12.1. The zero-order chi connectivity index (χ0) is 13.9. The van der Waals surface area contributed by atoms with Crippen molar-refractivity contribution in [2.24, 2.45) is 0 Å². The summed E-state index contributed by atoms with van der Waals surface area (Å²) in [6, 6.07) is 3.59. The van der Waals surface area contributed by atoms with E-state index >= 15 is 0 Å². The Bertz CT molecular complexity index is 502. The Labute approximate surface area is 108 Å². The van der Waals surface area contributed by atoms with Crippen LogP contribution >= 0.6 is 0 Å². The van der Waals surface area contributed by atoms with E-state index in [0.717, 1.165) is 5.56 Å². The second-order valence-corrected chi connectivity index (χ2v) is 6.12. The molecule has 5 nitrogen and oxygen atoms in total. The maximum Gasteiger partial charge on any atom is 0.241 e. The average Bonchev–Trinajstić information content (AvgIpc) is 2.24. The van der Waals surface area contributed by atoms with E-state index in [1.54, 1.807) is 26.0 Å². The van der Waals surface area contributed by atoms with Crippen molar-refractivity contribution in [1.82, 2.24) is 4.72 Å².